The summed E-state index contributed by atoms with van der Waals surface area (Å²) in [7, 11) is -0.519. The molecule has 0 amide bonds. The molecular formula is C19H36O4Si. The van der Waals surface area contributed by atoms with Gasteiger partial charge >= 0.3 is 5.97 Å². The van der Waals surface area contributed by atoms with Crippen molar-refractivity contribution in [2.24, 2.45) is 17.3 Å². The highest BCUT2D eigenvalue weighted by molar-refractivity contribution is 6.74. The van der Waals surface area contributed by atoms with Crippen molar-refractivity contribution in [3.63, 3.8) is 0 Å². The van der Waals surface area contributed by atoms with E-state index in [1.54, 1.807) is 0 Å². The van der Waals surface area contributed by atoms with Crippen molar-refractivity contribution in [2.75, 3.05) is 7.11 Å². The Labute approximate surface area is 148 Å². The van der Waals surface area contributed by atoms with Crippen LogP contribution in [0.3, 0.4) is 0 Å². The minimum Gasteiger partial charge on any atom is -0.469 e. The summed E-state index contributed by atoms with van der Waals surface area (Å²) in [5.41, 5.74) is -0.299. The molecule has 140 valence electrons. The third-order valence-corrected chi connectivity index (χ3v) is 11.7. The molecule has 2 unspecified atom stereocenters. The Morgan fingerprint density at radius 2 is 1.83 bits per heavy atom. The van der Waals surface area contributed by atoms with Crippen LogP contribution in [0.5, 0.6) is 0 Å². The molecule has 0 saturated heterocycles. The summed E-state index contributed by atoms with van der Waals surface area (Å²) in [6.45, 7) is 13.5. The minimum absolute atomic E-state index is 0.0480. The van der Waals surface area contributed by atoms with Gasteiger partial charge in [0.25, 0.3) is 0 Å². The van der Waals surface area contributed by atoms with Crippen LogP contribution in [-0.4, -0.2) is 38.7 Å². The zero-order valence-electron chi connectivity index (χ0n) is 16.5. The molecule has 5 atom stereocenters. The molecule has 0 aliphatic heterocycles. The molecule has 1 spiro atoms. The summed E-state index contributed by atoms with van der Waals surface area (Å²) in [6.07, 6.45) is 4.17. The van der Waals surface area contributed by atoms with E-state index in [0.29, 0.717) is 12.3 Å². The van der Waals surface area contributed by atoms with Crippen LogP contribution in [0.4, 0.5) is 0 Å². The van der Waals surface area contributed by atoms with Crippen LogP contribution < -0.4 is 0 Å². The molecule has 2 aliphatic rings. The van der Waals surface area contributed by atoms with Gasteiger partial charge < -0.3 is 14.3 Å². The summed E-state index contributed by atoms with van der Waals surface area (Å²) in [5, 5.41) is 11.3. The quantitative estimate of drug-likeness (QED) is 0.610. The van der Waals surface area contributed by atoms with Gasteiger partial charge in [0.05, 0.1) is 25.2 Å². The molecule has 1 N–H and O–H groups in total. The van der Waals surface area contributed by atoms with Gasteiger partial charge in [-0.25, -0.2) is 0 Å². The lowest BCUT2D eigenvalue weighted by Gasteiger charge is -2.52. The smallest absolute Gasteiger partial charge is 0.311 e. The van der Waals surface area contributed by atoms with Crippen LogP contribution in [-0.2, 0) is 14.0 Å². The Hall–Kier alpha value is -0.393. The number of carbonyl (C=O) groups is 1. The zero-order valence-corrected chi connectivity index (χ0v) is 17.5. The molecule has 24 heavy (non-hydrogen) atoms. The highest BCUT2D eigenvalue weighted by Gasteiger charge is 2.60. The van der Waals surface area contributed by atoms with Crippen molar-refractivity contribution < 1.29 is 19.1 Å². The van der Waals surface area contributed by atoms with E-state index in [2.05, 4.69) is 40.8 Å². The Kier molecular flexibility index (Phi) is 5.59. The molecular weight excluding hydrogens is 320 g/mol. The van der Waals surface area contributed by atoms with Crippen LogP contribution in [0.1, 0.15) is 59.8 Å². The van der Waals surface area contributed by atoms with Crippen molar-refractivity contribution in [1.82, 2.24) is 0 Å². The molecule has 0 bridgehead atoms. The summed E-state index contributed by atoms with van der Waals surface area (Å²) >= 11 is 0. The van der Waals surface area contributed by atoms with Gasteiger partial charge in [0.2, 0.25) is 0 Å². The van der Waals surface area contributed by atoms with Gasteiger partial charge in [-0.2, -0.15) is 0 Å². The number of hydrogen-bond acceptors (Lipinski definition) is 4. The number of esters is 1. The summed E-state index contributed by atoms with van der Waals surface area (Å²) in [4.78, 5) is 12.1. The lowest BCUT2D eigenvalue weighted by Crippen LogP contribution is -2.56. The van der Waals surface area contributed by atoms with Crippen molar-refractivity contribution in [3.05, 3.63) is 0 Å². The number of rotatable bonds is 3. The van der Waals surface area contributed by atoms with E-state index in [1.165, 1.54) is 7.11 Å². The standard InChI is InChI=1S/C19H36O4Si/c1-13-9-8-10-15(23-24(6,7)18(2,3)4)19(13)12-11-14(16(19)20)17(21)22-5/h13-16,20H,8-12H2,1-7H3/t13-,14?,15-,16?,19-/m1/s1. The average molecular weight is 357 g/mol. The van der Waals surface area contributed by atoms with Crippen LogP contribution in [0.15, 0.2) is 0 Å². The second kappa shape index (κ2) is 6.73. The number of methoxy groups -OCH3 is 1. The molecule has 0 radical (unpaired) electrons. The van der Waals surface area contributed by atoms with E-state index >= 15 is 0 Å². The van der Waals surface area contributed by atoms with E-state index in [4.69, 9.17) is 9.16 Å². The summed E-state index contributed by atoms with van der Waals surface area (Å²) in [6, 6.07) is 0. The van der Waals surface area contributed by atoms with E-state index in [1.807, 2.05) is 0 Å². The summed E-state index contributed by atoms with van der Waals surface area (Å²) in [5.74, 6) is -0.310. The molecule has 0 aromatic heterocycles. The predicted molar refractivity (Wildman–Crippen MR) is 98.3 cm³/mol. The maximum Gasteiger partial charge on any atom is 0.311 e. The SMILES string of the molecule is COC(=O)C1CC[C@@]2(C1O)[C@H](C)CCC[C@H]2O[Si](C)(C)C(C)(C)C. The fourth-order valence-electron chi connectivity index (χ4n) is 4.54. The number of ether oxygens (including phenoxy) is 1. The van der Waals surface area contributed by atoms with Crippen LogP contribution in [0.25, 0.3) is 0 Å². The molecule has 0 aromatic rings. The largest absolute Gasteiger partial charge is 0.469 e. The number of aliphatic hydroxyl groups is 1. The predicted octanol–water partition coefficient (Wildman–Crippen LogP) is 4.13. The Balaban J connectivity index is 2.32. The van der Waals surface area contributed by atoms with Gasteiger partial charge in [-0.3, -0.25) is 4.79 Å². The van der Waals surface area contributed by atoms with E-state index in [0.717, 1.165) is 25.7 Å². The maximum absolute atomic E-state index is 12.1. The van der Waals surface area contributed by atoms with Gasteiger partial charge in [-0.05, 0) is 49.7 Å². The number of hydrogen-bond donors (Lipinski definition) is 1. The Bertz CT molecular complexity index is 470. The van der Waals surface area contributed by atoms with Crippen molar-refractivity contribution in [2.45, 2.75) is 90.1 Å². The molecule has 4 nitrogen and oxygen atoms in total. The molecule has 2 aliphatic carbocycles. The highest BCUT2D eigenvalue weighted by atomic mass is 28.4. The topological polar surface area (TPSA) is 55.8 Å². The fraction of sp³-hybridized carbons (Fsp3) is 0.947. The first kappa shape index (κ1) is 19.9. The van der Waals surface area contributed by atoms with E-state index in [-0.39, 0.29) is 22.5 Å². The van der Waals surface area contributed by atoms with Crippen molar-refractivity contribution in [1.29, 1.82) is 0 Å². The van der Waals surface area contributed by atoms with E-state index in [9.17, 15) is 9.90 Å². The van der Waals surface area contributed by atoms with Gasteiger partial charge in [-0.1, -0.05) is 34.1 Å². The molecule has 2 fully saturated rings. The third kappa shape index (κ3) is 3.19. The van der Waals surface area contributed by atoms with Gasteiger partial charge in [0.1, 0.15) is 0 Å². The minimum atomic E-state index is -1.93. The number of aliphatic hydroxyl groups excluding tert-OH is 1. The van der Waals surface area contributed by atoms with Crippen molar-refractivity contribution >= 4 is 14.3 Å². The normalized spacial score (nSPS) is 37.7. The molecule has 2 saturated carbocycles. The van der Waals surface area contributed by atoms with Crippen LogP contribution >= 0.6 is 0 Å². The van der Waals surface area contributed by atoms with Gasteiger partial charge in [0, 0.05) is 5.41 Å². The number of carbonyl (C=O) groups excluding carboxylic acids is 1. The first-order chi connectivity index (χ1) is 11.0. The summed E-state index contributed by atoms with van der Waals surface area (Å²) < 4.78 is 11.7. The second-order valence-corrected chi connectivity index (χ2v) is 14.2. The zero-order chi connectivity index (χ0) is 18.3. The lowest BCUT2D eigenvalue weighted by molar-refractivity contribution is -0.156. The molecule has 0 aromatic carbocycles. The molecule has 2 rings (SSSR count). The fourth-order valence-corrected chi connectivity index (χ4v) is 5.94. The molecule has 0 heterocycles. The Morgan fingerprint density at radius 1 is 1.21 bits per heavy atom. The highest BCUT2D eigenvalue weighted by Crippen LogP contribution is 2.57. The van der Waals surface area contributed by atoms with E-state index < -0.39 is 20.3 Å². The Morgan fingerprint density at radius 3 is 2.38 bits per heavy atom. The van der Waals surface area contributed by atoms with Crippen LogP contribution in [0, 0.1) is 17.3 Å². The lowest BCUT2D eigenvalue weighted by atomic mass is 9.62. The first-order valence-electron chi connectivity index (χ1n) is 9.41. The monoisotopic (exact) mass is 356 g/mol. The maximum atomic E-state index is 12.1. The van der Waals surface area contributed by atoms with Crippen molar-refractivity contribution in [3.8, 4) is 0 Å². The van der Waals surface area contributed by atoms with Gasteiger partial charge in [0.15, 0.2) is 8.32 Å². The first-order valence-corrected chi connectivity index (χ1v) is 12.3. The third-order valence-electron chi connectivity index (χ3n) is 7.19. The molecule has 5 heteroatoms. The van der Waals surface area contributed by atoms with Gasteiger partial charge in [-0.15, -0.1) is 0 Å². The second-order valence-electron chi connectivity index (χ2n) is 9.42. The average Bonchev–Trinajstić information content (AvgIpc) is 2.81. The van der Waals surface area contributed by atoms with Crippen LogP contribution in [0.2, 0.25) is 18.1 Å².